The van der Waals surface area contributed by atoms with Crippen molar-refractivity contribution in [3.8, 4) is 5.75 Å². The van der Waals surface area contributed by atoms with Crippen LogP contribution in [0.2, 0.25) is 0 Å². The SMILES string of the molecule is CCOC(=O)N1CCC(N2C(=O)c3ccccc3C2Nc2ccccc2OC)CC1. The third kappa shape index (κ3) is 3.67. The van der Waals surface area contributed by atoms with E-state index >= 15 is 0 Å². The second-order valence-corrected chi connectivity index (χ2v) is 7.46. The fourth-order valence-corrected chi connectivity index (χ4v) is 4.31. The molecular weight excluding hydrogens is 382 g/mol. The fraction of sp³-hybridized carbons (Fsp3) is 0.391. The Bertz CT molecular complexity index is 924. The molecule has 2 aliphatic heterocycles. The van der Waals surface area contributed by atoms with Gasteiger partial charge >= 0.3 is 6.09 Å². The van der Waals surface area contributed by atoms with Gasteiger partial charge < -0.3 is 24.6 Å². The van der Waals surface area contributed by atoms with Crippen molar-refractivity contribution in [3.63, 3.8) is 0 Å². The van der Waals surface area contributed by atoms with E-state index in [0.717, 1.165) is 22.6 Å². The molecule has 0 radical (unpaired) electrons. The molecule has 1 fully saturated rings. The highest BCUT2D eigenvalue weighted by Crippen LogP contribution is 2.39. The molecule has 2 heterocycles. The van der Waals surface area contributed by atoms with Crippen molar-refractivity contribution in [2.24, 2.45) is 0 Å². The first kappa shape index (κ1) is 20.1. The molecule has 2 aromatic carbocycles. The highest BCUT2D eigenvalue weighted by atomic mass is 16.6. The summed E-state index contributed by atoms with van der Waals surface area (Å²) >= 11 is 0. The van der Waals surface area contributed by atoms with Crippen molar-refractivity contribution in [1.29, 1.82) is 0 Å². The number of benzene rings is 2. The van der Waals surface area contributed by atoms with Crippen molar-refractivity contribution in [3.05, 3.63) is 59.7 Å². The predicted octanol–water partition coefficient (Wildman–Crippen LogP) is 3.88. The summed E-state index contributed by atoms with van der Waals surface area (Å²) in [5.74, 6) is 0.749. The van der Waals surface area contributed by atoms with E-state index in [1.165, 1.54) is 0 Å². The zero-order chi connectivity index (χ0) is 21.1. The number of amides is 2. The first-order chi connectivity index (χ1) is 14.6. The molecule has 1 saturated heterocycles. The summed E-state index contributed by atoms with van der Waals surface area (Å²) in [4.78, 5) is 29.0. The normalized spacial score (nSPS) is 18.9. The maximum Gasteiger partial charge on any atom is 0.409 e. The number of anilines is 1. The monoisotopic (exact) mass is 409 g/mol. The minimum Gasteiger partial charge on any atom is -0.495 e. The number of methoxy groups -OCH3 is 1. The van der Waals surface area contributed by atoms with Gasteiger partial charge in [-0.3, -0.25) is 4.79 Å². The van der Waals surface area contributed by atoms with E-state index in [0.29, 0.717) is 32.5 Å². The van der Waals surface area contributed by atoms with Crippen LogP contribution < -0.4 is 10.1 Å². The van der Waals surface area contributed by atoms with Crippen molar-refractivity contribution < 1.29 is 19.1 Å². The standard InChI is InChI=1S/C23H27N3O4/c1-3-30-23(28)25-14-12-16(13-15-25)26-21(17-8-4-5-9-18(17)22(26)27)24-19-10-6-7-11-20(19)29-2/h4-11,16,21,24H,3,12-15H2,1-2H3. The van der Waals surface area contributed by atoms with Gasteiger partial charge in [-0.2, -0.15) is 0 Å². The molecule has 0 aliphatic carbocycles. The van der Waals surface area contributed by atoms with Crippen LogP contribution >= 0.6 is 0 Å². The van der Waals surface area contributed by atoms with Crippen LogP contribution in [0.3, 0.4) is 0 Å². The smallest absolute Gasteiger partial charge is 0.409 e. The minimum atomic E-state index is -0.288. The molecule has 1 atom stereocenters. The highest BCUT2D eigenvalue weighted by molar-refractivity contribution is 5.99. The number of hydrogen-bond donors (Lipinski definition) is 1. The van der Waals surface area contributed by atoms with Gasteiger partial charge in [0, 0.05) is 30.3 Å². The number of ether oxygens (including phenoxy) is 2. The Morgan fingerprint density at radius 3 is 2.53 bits per heavy atom. The molecule has 0 spiro atoms. The molecule has 7 nitrogen and oxygen atoms in total. The largest absolute Gasteiger partial charge is 0.495 e. The summed E-state index contributed by atoms with van der Waals surface area (Å²) in [6.07, 6.45) is 0.852. The summed E-state index contributed by atoms with van der Waals surface area (Å²) in [6, 6.07) is 15.5. The molecule has 2 amide bonds. The molecular formula is C23H27N3O4. The molecule has 0 saturated carbocycles. The lowest BCUT2D eigenvalue weighted by Crippen LogP contribution is -2.49. The van der Waals surface area contributed by atoms with Crippen LogP contribution in [0.5, 0.6) is 5.75 Å². The molecule has 1 N–H and O–H groups in total. The Hall–Kier alpha value is -3.22. The quantitative estimate of drug-likeness (QED) is 0.811. The Kier molecular flexibility index (Phi) is 5.79. The molecule has 158 valence electrons. The van der Waals surface area contributed by atoms with Crippen molar-refractivity contribution in [2.75, 3.05) is 32.1 Å². The van der Waals surface area contributed by atoms with Gasteiger partial charge in [0.15, 0.2) is 0 Å². The number of likely N-dealkylation sites (tertiary alicyclic amines) is 1. The minimum absolute atomic E-state index is 0.0209. The van der Waals surface area contributed by atoms with Crippen LogP contribution in [0.4, 0.5) is 10.5 Å². The van der Waals surface area contributed by atoms with Crippen LogP contribution in [0.25, 0.3) is 0 Å². The van der Waals surface area contributed by atoms with Gasteiger partial charge in [-0.1, -0.05) is 30.3 Å². The average Bonchev–Trinajstić information content (AvgIpc) is 3.06. The van der Waals surface area contributed by atoms with Gasteiger partial charge in [0.1, 0.15) is 11.9 Å². The summed E-state index contributed by atoms with van der Waals surface area (Å²) in [7, 11) is 1.64. The first-order valence-corrected chi connectivity index (χ1v) is 10.4. The lowest BCUT2D eigenvalue weighted by atomic mass is 10.0. The first-order valence-electron chi connectivity index (χ1n) is 10.4. The third-order valence-electron chi connectivity index (χ3n) is 5.78. The lowest BCUT2D eigenvalue weighted by molar-refractivity contribution is 0.0496. The molecule has 2 aromatic rings. The van der Waals surface area contributed by atoms with Gasteiger partial charge in [0.25, 0.3) is 5.91 Å². The second-order valence-electron chi connectivity index (χ2n) is 7.46. The van der Waals surface area contributed by atoms with Gasteiger partial charge in [-0.15, -0.1) is 0 Å². The molecule has 4 rings (SSSR count). The number of fused-ring (bicyclic) bond motifs is 1. The van der Waals surface area contributed by atoms with E-state index in [1.54, 1.807) is 18.9 Å². The van der Waals surface area contributed by atoms with Crippen LogP contribution in [0, 0.1) is 0 Å². The van der Waals surface area contributed by atoms with E-state index < -0.39 is 0 Å². The van der Waals surface area contributed by atoms with Crippen LogP contribution in [0.1, 0.15) is 41.9 Å². The van der Waals surface area contributed by atoms with Crippen LogP contribution in [0.15, 0.2) is 48.5 Å². The number of rotatable bonds is 5. The van der Waals surface area contributed by atoms with Crippen molar-refractivity contribution >= 4 is 17.7 Å². The Labute approximate surface area is 176 Å². The van der Waals surface area contributed by atoms with Gasteiger partial charge in [-0.05, 0) is 38.0 Å². The maximum absolute atomic E-state index is 13.3. The molecule has 0 bridgehead atoms. The summed E-state index contributed by atoms with van der Waals surface area (Å²) in [5, 5.41) is 3.52. The van der Waals surface area contributed by atoms with Gasteiger partial charge in [0.2, 0.25) is 0 Å². The number of para-hydroxylation sites is 2. The molecule has 7 heteroatoms. The second kappa shape index (κ2) is 8.65. The molecule has 1 unspecified atom stereocenters. The summed E-state index contributed by atoms with van der Waals surface area (Å²) < 4.78 is 10.6. The van der Waals surface area contributed by atoms with Gasteiger partial charge in [0.05, 0.1) is 19.4 Å². The topological polar surface area (TPSA) is 71.1 Å². The highest BCUT2D eigenvalue weighted by Gasteiger charge is 2.42. The van der Waals surface area contributed by atoms with Crippen molar-refractivity contribution in [1.82, 2.24) is 9.80 Å². The number of nitrogens with zero attached hydrogens (tertiary/aromatic N) is 2. The number of hydrogen-bond acceptors (Lipinski definition) is 5. The molecule has 2 aliphatic rings. The zero-order valence-electron chi connectivity index (χ0n) is 17.3. The number of carbonyl (C=O) groups is 2. The Morgan fingerprint density at radius 1 is 1.10 bits per heavy atom. The molecule has 30 heavy (non-hydrogen) atoms. The van der Waals surface area contributed by atoms with Crippen LogP contribution in [-0.4, -0.2) is 54.6 Å². The lowest BCUT2D eigenvalue weighted by Gasteiger charge is -2.39. The van der Waals surface area contributed by atoms with Gasteiger partial charge in [-0.25, -0.2) is 4.79 Å². The Balaban J connectivity index is 1.58. The van der Waals surface area contributed by atoms with E-state index in [1.807, 2.05) is 53.4 Å². The van der Waals surface area contributed by atoms with Crippen LogP contribution in [-0.2, 0) is 4.74 Å². The predicted molar refractivity (Wildman–Crippen MR) is 114 cm³/mol. The summed E-state index contributed by atoms with van der Waals surface area (Å²) in [6.45, 7) is 3.32. The fourth-order valence-electron chi connectivity index (χ4n) is 4.31. The zero-order valence-corrected chi connectivity index (χ0v) is 17.3. The van der Waals surface area contributed by atoms with E-state index in [4.69, 9.17) is 9.47 Å². The maximum atomic E-state index is 13.3. The number of carbonyl (C=O) groups excluding carboxylic acids is 2. The summed E-state index contributed by atoms with van der Waals surface area (Å²) in [5.41, 5.74) is 2.52. The number of piperidine rings is 1. The number of nitrogens with one attached hydrogen (secondary N) is 1. The third-order valence-corrected chi connectivity index (χ3v) is 5.78. The van der Waals surface area contributed by atoms with Crippen molar-refractivity contribution in [2.45, 2.75) is 32.0 Å². The average molecular weight is 409 g/mol. The van der Waals surface area contributed by atoms with E-state index in [2.05, 4.69) is 5.32 Å². The molecule has 0 aromatic heterocycles. The Morgan fingerprint density at radius 2 is 1.80 bits per heavy atom. The van der Waals surface area contributed by atoms with E-state index in [-0.39, 0.29) is 24.2 Å². The van der Waals surface area contributed by atoms with E-state index in [9.17, 15) is 9.59 Å².